The zero-order valence-corrected chi connectivity index (χ0v) is 19.5. The summed E-state index contributed by atoms with van der Waals surface area (Å²) >= 11 is 0. The Morgan fingerprint density at radius 3 is 2.68 bits per heavy atom. The third-order valence-electron chi connectivity index (χ3n) is 5.14. The van der Waals surface area contributed by atoms with Gasteiger partial charge < -0.3 is 15.2 Å². The Morgan fingerprint density at radius 1 is 1.21 bits per heavy atom. The minimum atomic E-state index is -0.511. The second-order valence-electron chi connectivity index (χ2n) is 8.93. The molecule has 0 atom stereocenters. The van der Waals surface area contributed by atoms with E-state index in [1.54, 1.807) is 36.3 Å². The number of amides is 1. The molecule has 3 aromatic heterocycles. The highest BCUT2D eigenvalue weighted by molar-refractivity contribution is 5.91. The number of carbonyl (C=O) groups is 1. The number of aryl methyl sites for hydroxylation is 2. The van der Waals surface area contributed by atoms with Gasteiger partial charge >= 0.3 is 0 Å². The largest absolute Gasteiger partial charge is 0.351 e. The van der Waals surface area contributed by atoms with Crippen molar-refractivity contribution in [1.29, 1.82) is 0 Å². The lowest BCUT2D eigenvalue weighted by atomic mass is 9.92. The Kier molecular flexibility index (Phi) is 6.10. The second kappa shape index (κ2) is 9.00. The van der Waals surface area contributed by atoms with Crippen LogP contribution in [-0.4, -0.2) is 35.8 Å². The molecule has 0 spiro atoms. The summed E-state index contributed by atoms with van der Waals surface area (Å²) in [4.78, 5) is 25.0. The second-order valence-corrected chi connectivity index (χ2v) is 8.93. The average Bonchev–Trinajstić information content (AvgIpc) is 3.43. The van der Waals surface area contributed by atoms with E-state index in [0.717, 1.165) is 5.56 Å². The Morgan fingerprint density at radius 2 is 2.00 bits per heavy atom. The van der Waals surface area contributed by atoms with E-state index in [-0.39, 0.29) is 35.1 Å². The molecule has 10 nitrogen and oxygen atoms in total. The first-order valence-corrected chi connectivity index (χ1v) is 10.6. The van der Waals surface area contributed by atoms with Crippen LogP contribution in [0.5, 0.6) is 0 Å². The zero-order valence-electron chi connectivity index (χ0n) is 19.5. The van der Waals surface area contributed by atoms with Crippen LogP contribution in [-0.2, 0) is 19.0 Å². The standard InChI is InChI=1S/C23H25FN8O2/c1-13-6-16(20-26-12-27-22(30-20)29-15-10-28-32(5)11-15)17(24)7-14(13)9-25-21(33)18-8-19(31-34-18)23(2,3)4/h6-8,10-12H,9H2,1-5H3,(H,25,33)(H,26,27,29,30). The first kappa shape index (κ1) is 23.0. The van der Waals surface area contributed by atoms with Crippen molar-refractivity contribution in [2.75, 3.05) is 5.32 Å². The van der Waals surface area contributed by atoms with E-state index in [0.29, 0.717) is 16.9 Å². The maximum Gasteiger partial charge on any atom is 0.290 e. The van der Waals surface area contributed by atoms with Crippen LogP contribution in [0.1, 0.15) is 48.1 Å². The maximum absolute atomic E-state index is 15.0. The van der Waals surface area contributed by atoms with Crippen LogP contribution < -0.4 is 10.6 Å². The van der Waals surface area contributed by atoms with Gasteiger partial charge in [0, 0.05) is 31.3 Å². The minimum absolute atomic E-state index is 0.110. The van der Waals surface area contributed by atoms with Gasteiger partial charge in [0.1, 0.15) is 12.1 Å². The number of anilines is 2. The molecule has 0 aliphatic rings. The maximum atomic E-state index is 15.0. The van der Waals surface area contributed by atoms with Gasteiger partial charge in [-0.15, -0.1) is 0 Å². The van der Waals surface area contributed by atoms with Crippen LogP contribution in [0, 0.1) is 12.7 Å². The summed E-state index contributed by atoms with van der Waals surface area (Å²) in [7, 11) is 1.79. The molecule has 4 aromatic rings. The summed E-state index contributed by atoms with van der Waals surface area (Å²) in [5.41, 5.74) is 2.76. The third kappa shape index (κ3) is 5.08. The van der Waals surface area contributed by atoms with Crippen LogP contribution in [0.4, 0.5) is 16.0 Å². The molecule has 0 fully saturated rings. The molecule has 176 valence electrons. The lowest BCUT2D eigenvalue weighted by Crippen LogP contribution is -2.23. The van der Waals surface area contributed by atoms with Gasteiger partial charge in [0.2, 0.25) is 11.7 Å². The fourth-order valence-corrected chi connectivity index (χ4v) is 3.18. The Hall–Kier alpha value is -4.15. The van der Waals surface area contributed by atoms with Crippen molar-refractivity contribution in [1.82, 2.24) is 35.2 Å². The van der Waals surface area contributed by atoms with Crippen LogP contribution >= 0.6 is 0 Å². The number of benzene rings is 1. The summed E-state index contributed by atoms with van der Waals surface area (Å²) in [6.45, 7) is 7.88. The topological polar surface area (TPSA) is 124 Å². The molecule has 0 saturated carbocycles. The first-order valence-electron chi connectivity index (χ1n) is 10.6. The van der Waals surface area contributed by atoms with E-state index in [1.807, 2.05) is 27.7 Å². The lowest BCUT2D eigenvalue weighted by molar-refractivity contribution is 0.0913. The van der Waals surface area contributed by atoms with Crippen molar-refractivity contribution < 1.29 is 13.7 Å². The number of carbonyl (C=O) groups excluding carboxylic acids is 1. The van der Waals surface area contributed by atoms with E-state index in [9.17, 15) is 9.18 Å². The van der Waals surface area contributed by atoms with Crippen molar-refractivity contribution >= 4 is 17.5 Å². The number of aromatic nitrogens is 6. The van der Waals surface area contributed by atoms with Crippen LogP contribution in [0.15, 0.2) is 41.4 Å². The van der Waals surface area contributed by atoms with Crippen molar-refractivity contribution in [3.8, 4) is 11.4 Å². The Labute approximate surface area is 195 Å². The monoisotopic (exact) mass is 464 g/mol. The Balaban J connectivity index is 1.48. The normalized spacial score (nSPS) is 11.5. The van der Waals surface area contributed by atoms with Gasteiger partial charge in [-0.25, -0.2) is 14.4 Å². The highest BCUT2D eigenvalue weighted by Crippen LogP contribution is 2.25. The highest BCUT2D eigenvalue weighted by atomic mass is 19.1. The molecule has 2 N–H and O–H groups in total. The zero-order chi connectivity index (χ0) is 24.5. The molecular formula is C23H25FN8O2. The van der Waals surface area contributed by atoms with Gasteiger partial charge in [-0.2, -0.15) is 10.1 Å². The molecule has 34 heavy (non-hydrogen) atoms. The van der Waals surface area contributed by atoms with E-state index < -0.39 is 11.7 Å². The van der Waals surface area contributed by atoms with Crippen molar-refractivity contribution in [3.63, 3.8) is 0 Å². The molecule has 3 heterocycles. The molecule has 0 aliphatic carbocycles. The first-order chi connectivity index (χ1) is 16.1. The minimum Gasteiger partial charge on any atom is -0.351 e. The van der Waals surface area contributed by atoms with Crippen molar-refractivity contribution in [2.45, 2.75) is 39.7 Å². The SMILES string of the molecule is Cc1cc(-c2ncnc(Nc3cnn(C)c3)n2)c(F)cc1CNC(=O)c1cc(C(C)(C)C)no1. The van der Waals surface area contributed by atoms with E-state index >= 15 is 0 Å². The van der Waals surface area contributed by atoms with Gasteiger partial charge in [-0.05, 0) is 30.2 Å². The van der Waals surface area contributed by atoms with E-state index in [2.05, 4.69) is 35.8 Å². The smallest absolute Gasteiger partial charge is 0.290 e. The number of nitrogens with one attached hydrogen (secondary N) is 2. The van der Waals surface area contributed by atoms with Crippen molar-refractivity contribution in [2.24, 2.45) is 7.05 Å². The van der Waals surface area contributed by atoms with Gasteiger partial charge in [-0.3, -0.25) is 9.48 Å². The number of hydrogen-bond donors (Lipinski definition) is 2. The van der Waals surface area contributed by atoms with Crippen LogP contribution in [0.3, 0.4) is 0 Å². The predicted molar refractivity (Wildman–Crippen MR) is 123 cm³/mol. The average molecular weight is 465 g/mol. The van der Waals surface area contributed by atoms with E-state index in [4.69, 9.17) is 4.52 Å². The summed E-state index contributed by atoms with van der Waals surface area (Å²) in [6, 6.07) is 4.62. The lowest BCUT2D eigenvalue weighted by Gasteiger charge is -2.12. The molecule has 1 amide bonds. The molecule has 4 rings (SSSR count). The van der Waals surface area contributed by atoms with Gasteiger partial charge in [0.15, 0.2) is 5.82 Å². The van der Waals surface area contributed by atoms with Crippen LogP contribution in [0.25, 0.3) is 11.4 Å². The summed E-state index contributed by atoms with van der Waals surface area (Å²) in [6.07, 6.45) is 4.70. The molecule has 0 saturated heterocycles. The molecule has 11 heteroatoms. The number of halogens is 1. The fraction of sp³-hybridized carbons (Fsp3) is 0.304. The quantitative estimate of drug-likeness (QED) is 0.443. The summed E-state index contributed by atoms with van der Waals surface area (Å²) in [5, 5.41) is 13.8. The predicted octanol–water partition coefficient (Wildman–Crippen LogP) is 3.68. The van der Waals surface area contributed by atoms with Crippen LogP contribution in [0.2, 0.25) is 0 Å². The number of nitrogens with zero attached hydrogens (tertiary/aromatic N) is 6. The molecule has 0 radical (unpaired) electrons. The highest BCUT2D eigenvalue weighted by Gasteiger charge is 2.22. The molecule has 1 aromatic carbocycles. The van der Waals surface area contributed by atoms with Crippen molar-refractivity contribution in [3.05, 3.63) is 65.3 Å². The molecule has 0 aliphatic heterocycles. The van der Waals surface area contributed by atoms with Gasteiger partial charge in [0.25, 0.3) is 5.91 Å². The third-order valence-corrected chi connectivity index (χ3v) is 5.14. The number of hydrogen-bond acceptors (Lipinski definition) is 8. The summed E-state index contributed by atoms with van der Waals surface area (Å²) in [5.74, 6) is -0.362. The fourth-order valence-electron chi connectivity index (χ4n) is 3.18. The summed E-state index contributed by atoms with van der Waals surface area (Å²) < 4.78 is 21.8. The Bertz CT molecular complexity index is 1340. The van der Waals surface area contributed by atoms with Gasteiger partial charge in [-0.1, -0.05) is 25.9 Å². The number of rotatable bonds is 6. The molecule has 0 bridgehead atoms. The van der Waals surface area contributed by atoms with E-state index in [1.165, 1.54) is 12.4 Å². The van der Waals surface area contributed by atoms with Gasteiger partial charge in [0.05, 0.1) is 23.1 Å². The molecular weight excluding hydrogens is 439 g/mol. The molecule has 0 unspecified atom stereocenters.